The van der Waals surface area contributed by atoms with E-state index in [1.54, 1.807) is 18.2 Å². The SMILES string of the molecule is CNC(=O)c1cccc(NC(=O)CN2CCC[C@H](C(F)(F)F)C2)c1. The fraction of sp³-hybridized carbons (Fsp3) is 0.500. The van der Waals surface area contributed by atoms with Gasteiger partial charge in [-0.3, -0.25) is 14.5 Å². The highest BCUT2D eigenvalue weighted by Gasteiger charge is 2.41. The van der Waals surface area contributed by atoms with Crippen molar-refractivity contribution in [3.63, 3.8) is 0 Å². The van der Waals surface area contributed by atoms with Crippen LogP contribution in [0, 0.1) is 5.92 Å². The standard InChI is InChI=1S/C16H20F3N3O2/c1-20-15(24)11-4-2-6-13(8-11)21-14(23)10-22-7-3-5-12(9-22)16(17,18)19/h2,4,6,8,12H,3,5,7,9-10H2,1H3,(H,20,24)(H,21,23)/t12-/m0/s1. The Morgan fingerprint density at radius 3 is 2.75 bits per heavy atom. The van der Waals surface area contributed by atoms with Crippen LogP contribution in [0.5, 0.6) is 0 Å². The quantitative estimate of drug-likeness (QED) is 0.882. The normalized spacial score (nSPS) is 18.9. The lowest BCUT2D eigenvalue weighted by Crippen LogP contribution is -2.44. The second-order valence-corrected chi connectivity index (χ2v) is 5.82. The van der Waals surface area contributed by atoms with Crippen LogP contribution in [-0.2, 0) is 4.79 Å². The minimum atomic E-state index is -4.23. The van der Waals surface area contributed by atoms with Crippen LogP contribution in [0.1, 0.15) is 23.2 Å². The van der Waals surface area contributed by atoms with E-state index in [-0.39, 0.29) is 25.4 Å². The van der Waals surface area contributed by atoms with E-state index in [1.165, 1.54) is 18.0 Å². The summed E-state index contributed by atoms with van der Waals surface area (Å²) in [5.74, 6) is -2.06. The Labute approximate surface area is 138 Å². The monoisotopic (exact) mass is 343 g/mol. The third kappa shape index (κ3) is 4.95. The maximum Gasteiger partial charge on any atom is 0.393 e. The average molecular weight is 343 g/mol. The van der Waals surface area contributed by atoms with Gasteiger partial charge in [-0.25, -0.2) is 0 Å². The van der Waals surface area contributed by atoms with E-state index >= 15 is 0 Å². The third-order valence-corrected chi connectivity index (χ3v) is 3.97. The molecule has 1 aromatic rings. The molecule has 5 nitrogen and oxygen atoms in total. The lowest BCUT2D eigenvalue weighted by molar-refractivity contribution is -0.186. The molecule has 2 N–H and O–H groups in total. The number of anilines is 1. The number of benzene rings is 1. The summed E-state index contributed by atoms with van der Waals surface area (Å²) < 4.78 is 38.4. The molecule has 1 fully saturated rings. The van der Waals surface area contributed by atoms with Crippen LogP contribution in [0.3, 0.4) is 0 Å². The van der Waals surface area contributed by atoms with Gasteiger partial charge in [-0.05, 0) is 37.6 Å². The Bertz CT molecular complexity index is 604. The van der Waals surface area contributed by atoms with Gasteiger partial charge in [-0.2, -0.15) is 13.2 Å². The van der Waals surface area contributed by atoms with E-state index in [4.69, 9.17) is 0 Å². The molecule has 0 radical (unpaired) electrons. The summed E-state index contributed by atoms with van der Waals surface area (Å²) in [4.78, 5) is 25.1. The number of hydrogen-bond acceptors (Lipinski definition) is 3. The van der Waals surface area contributed by atoms with Crippen LogP contribution in [0.2, 0.25) is 0 Å². The van der Waals surface area contributed by atoms with E-state index in [1.807, 2.05) is 0 Å². The molecular weight excluding hydrogens is 323 g/mol. The number of hydrogen-bond donors (Lipinski definition) is 2. The zero-order chi connectivity index (χ0) is 17.7. The molecule has 1 atom stereocenters. The van der Waals surface area contributed by atoms with Crippen molar-refractivity contribution in [2.45, 2.75) is 19.0 Å². The van der Waals surface area contributed by atoms with Crippen molar-refractivity contribution in [3.05, 3.63) is 29.8 Å². The van der Waals surface area contributed by atoms with Gasteiger partial charge in [0.25, 0.3) is 5.91 Å². The molecule has 1 aliphatic rings. The first-order valence-corrected chi connectivity index (χ1v) is 7.70. The van der Waals surface area contributed by atoms with Crippen molar-refractivity contribution in [1.29, 1.82) is 0 Å². The first-order valence-electron chi connectivity index (χ1n) is 7.70. The van der Waals surface area contributed by atoms with Crippen molar-refractivity contribution in [1.82, 2.24) is 10.2 Å². The molecule has 0 aromatic heterocycles. The van der Waals surface area contributed by atoms with Crippen molar-refractivity contribution >= 4 is 17.5 Å². The van der Waals surface area contributed by atoms with Crippen LogP contribution in [0.25, 0.3) is 0 Å². The zero-order valence-corrected chi connectivity index (χ0v) is 13.3. The minimum absolute atomic E-state index is 0.100. The molecular formula is C16H20F3N3O2. The van der Waals surface area contributed by atoms with Crippen LogP contribution in [0.15, 0.2) is 24.3 Å². The minimum Gasteiger partial charge on any atom is -0.355 e. The summed E-state index contributed by atoms with van der Waals surface area (Å²) in [6, 6.07) is 6.37. The molecule has 0 aliphatic carbocycles. The van der Waals surface area contributed by atoms with E-state index in [9.17, 15) is 22.8 Å². The van der Waals surface area contributed by atoms with Crippen LogP contribution < -0.4 is 10.6 Å². The number of carbonyl (C=O) groups is 2. The molecule has 0 spiro atoms. The van der Waals surface area contributed by atoms with Crippen molar-refractivity contribution in [2.24, 2.45) is 5.92 Å². The second kappa shape index (κ2) is 7.65. The van der Waals surface area contributed by atoms with Gasteiger partial charge >= 0.3 is 6.18 Å². The molecule has 0 unspecified atom stereocenters. The Hall–Kier alpha value is -2.09. The van der Waals surface area contributed by atoms with E-state index < -0.39 is 18.0 Å². The predicted molar refractivity (Wildman–Crippen MR) is 83.7 cm³/mol. The highest BCUT2D eigenvalue weighted by atomic mass is 19.4. The summed E-state index contributed by atoms with van der Waals surface area (Å²) in [6.45, 7) is 0.213. The molecule has 1 aromatic carbocycles. The molecule has 0 bridgehead atoms. The zero-order valence-electron chi connectivity index (χ0n) is 13.3. The van der Waals surface area contributed by atoms with Gasteiger partial charge in [0, 0.05) is 24.8 Å². The topological polar surface area (TPSA) is 61.4 Å². The average Bonchev–Trinajstić information content (AvgIpc) is 2.53. The van der Waals surface area contributed by atoms with E-state index in [2.05, 4.69) is 10.6 Å². The molecule has 2 rings (SSSR count). The maximum atomic E-state index is 12.8. The van der Waals surface area contributed by atoms with Crippen LogP contribution in [0.4, 0.5) is 18.9 Å². The summed E-state index contributed by atoms with van der Waals surface area (Å²) in [5, 5.41) is 5.10. The molecule has 1 heterocycles. The van der Waals surface area contributed by atoms with Gasteiger partial charge < -0.3 is 10.6 Å². The lowest BCUT2D eigenvalue weighted by Gasteiger charge is -2.33. The number of rotatable bonds is 4. The fourth-order valence-electron chi connectivity index (χ4n) is 2.75. The highest BCUT2D eigenvalue weighted by Crippen LogP contribution is 2.32. The highest BCUT2D eigenvalue weighted by molar-refractivity contribution is 5.97. The van der Waals surface area contributed by atoms with Gasteiger partial charge in [-0.15, -0.1) is 0 Å². The lowest BCUT2D eigenvalue weighted by atomic mass is 9.97. The van der Waals surface area contributed by atoms with E-state index in [0.29, 0.717) is 24.2 Å². The predicted octanol–water partition coefficient (Wildman–Crippen LogP) is 2.26. The molecule has 24 heavy (non-hydrogen) atoms. The largest absolute Gasteiger partial charge is 0.393 e. The Kier molecular flexibility index (Phi) is 5.82. The number of alkyl halides is 3. The van der Waals surface area contributed by atoms with Crippen LogP contribution in [-0.4, -0.2) is 49.6 Å². The number of nitrogens with zero attached hydrogens (tertiary/aromatic N) is 1. The first kappa shape index (κ1) is 18.3. The molecule has 132 valence electrons. The van der Waals surface area contributed by atoms with E-state index in [0.717, 1.165) is 0 Å². The van der Waals surface area contributed by atoms with Gasteiger partial charge in [0.05, 0.1) is 12.5 Å². The van der Waals surface area contributed by atoms with Crippen molar-refractivity contribution in [3.8, 4) is 0 Å². The maximum absolute atomic E-state index is 12.8. The van der Waals surface area contributed by atoms with Gasteiger partial charge in [-0.1, -0.05) is 6.07 Å². The Morgan fingerprint density at radius 1 is 1.33 bits per heavy atom. The molecule has 8 heteroatoms. The number of likely N-dealkylation sites (tertiary alicyclic amines) is 1. The molecule has 1 saturated heterocycles. The molecule has 0 saturated carbocycles. The molecule has 2 amide bonds. The smallest absolute Gasteiger partial charge is 0.355 e. The number of halogens is 3. The number of carbonyl (C=O) groups excluding carboxylic acids is 2. The summed E-state index contributed by atoms with van der Waals surface area (Å²) in [5.41, 5.74) is 0.830. The summed E-state index contributed by atoms with van der Waals surface area (Å²) in [7, 11) is 1.50. The molecule has 1 aliphatic heterocycles. The second-order valence-electron chi connectivity index (χ2n) is 5.82. The number of piperidine rings is 1. The number of nitrogens with one attached hydrogen (secondary N) is 2. The van der Waals surface area contributed by atoms with Crippen molar-refractivity contribution < 1.29 is 22.8 Å². The van der Waals surface area contributed by atoms with Gasteiger partial charge in [0.2, 0.25) is 5.91 Å². The summed E-state index contributed by atoms with van der Waals surface area (Å²) in [6.07, 6.45) is -3.70. The first-order chi connectivity index (χ1) is 11.3. The van der Waals surface area contributed by atoms with Gasteiger partial charge in [0.1, 0.15) is 0 Å². The van der Waals surface area contributed by atoms with Gasteiger partial charge in [0.15, 0.2) is 0 Å². The van der Waals surface area contributed by atoms with Crippen molar-refractivity contribution in [2.75, 3.05) is 32.0 Å². The third-order valence-electron chi connectivity index (χ3n) is 3.97. The Morgan fingerprint density at radius 2 is 2.08 bits per heavy atom. The van der Waals surface area contributed by atoms with Crippen LogP contribution >= 0.6 is 0 Å². The summed E-state index contributed by atoms with van der Waals surface area (Å²) >= 11 is 0. The fourth-order valence-corrected chi connectivity index (χ4v) is 2.75. The number of amides is 2. The Balaban J connectivity index is 1.92.